The third-order valence-corrected chi connectivity index (χ3v) is 3.70. The van der Waals surface area contributed by atoms with Crippen LogP contribution in [0, 0.1) is 0 Å². The predicted octanol–water partition coefficient (Wildman–Crippen LogP) is 2.66. The van der Waals surface area contributed by atoms with Crippen LogP contribution in [0.4, 0.5) is 0 Å². The molecule has 112 valence electrons. The lowest BCUT2D eigenvalue weighted by Crippen LogP contribution is -2.41. The largest absolute Gasteiger partial charge is 0.468 e. The van der Waals surface area contributed by atoms with Gasteiger partial charge in [0.15, 0.2) is 0 Å². The summed E-state index contributed by atoms with van der Waals surface area (Å²) in [6.45, 7) is 3.82. The summed E-state index contributed by atoms with van der Waals surface area (Å²) in [4.78, 5) is 11.7. The molecule has 0 spiro atoms. The summed E-state index contributed by atoms with van der Waals surface area (Å²) < 4.78 is 10.4. The Morgan fingerprint density at radius 2 is 2.16 bits per heavy atom. The van der Waals surface area contributed by atoms with Crippen molar-refractivity contribution < 1.29 is 14.3 Å². The highest BCUT2D eigenvalue weighted by Crippen LogP contribution is 2.12. The Morgan fingerprint density at radius 1 is 1.37 bits per heavy atom. The van der Waals surface area contributed by atoms with Crippen LogP contribution in [-0.2, 0) is 14.3 Å². The lowest BCUT2D eigenvalue weighted by atomic mass is 10.1. The summed E-state index contributed by atoms with van der Waals surface area (Å²) in [5.41, 5.74) is 0. The van der Waals surface area contributed by atoms with E-state index in [1.807, 2.05) is 0 Å². The van der Waals surface area contributed by atoms with Crippen molar-refractivity contribution in [2.75, 3.05) is 20.3 Å². The minimum Gasteiger partial charge on any atom is -0.468 e. The Morgan fingerprint density at radius 3 is 2.79 bits per heavy atom. The van der Waals surface area contributed by atoms with Crippen molar-refractivity contribution in [1.29, 1.82) is 0 Å². The number of hydrogen-bond donors (Lipinski definition) is 1. The Hall–Kier alpha value is -0.610. The number of carbonyl (C=O) groups is 1. The maximum atomic E-state index is 11.7. The third kappa shape index (κ3) is 6.92. The van der Waals surface area contributed by atoms with Gasteiger partial charge in [-0.3, -0.25) is 4.79 Å². The molecule has 0 aliphatic carbocycles. The third-order valence-electron chi connectivity index (χ3n) is 3.70. The molecule has 0 saturated carbocycles. The molecule has 2 unspecified atom stereocenters. The molecule has 19 heavy (non-hydrogen) atoms. The summed E-state index contributed by atoms with van der Waals surface area (Å²) in [7, 11) is 1.46. The van der Waals surface area contributed by atoms with E-state index < -0.39 is 0 Å². The molecule has 1 N–H and O–H groups in total. The molecule has 0 amide bonds. The molecule has 4 nitrogen and oxygen atoms in total. The van der Waals surface area contributed by atoms with Crippen LogP contribution in [0.15, 0.2) is 0 Å². The van der Waals surface area contributed by atoms with Crippen LogP contribution >= 0.6 is 0 Å². The van der Waals surface area contributed by atoms with E-state index in [-0.39, 0.29) is 18.1 Å². The second-order valence-electron chi connectivity index (χ2n) is 5.32. The van der Waals surface area contributed by atoms with Gasteiger partial charge in [-0.25, -0.2) is 0 Å². The van der Waals surface area contributed by atoms with Gasteiger partial charge in [0.1, 0.15) is 6.04 Å². The van der Waals surface area contributed by atoms with Crippen molar-refractivity contribution in [2.45, 2.75) is 70.4 Å². The first-order valence-electron chi connectivity index (χ1n) is 7.70. The topological polar surface area (TPSA) is 47.6 Å². The van der Waals surface area contributed by atoms with Gasteiger partial charge >= 0.3 is 5.97 Å². The number of methoxy groups -OCH3 is 1. The molecule has 1 rings (SSSR count). The number of hydrogen-bond acceptors (Lipinski definition) is 4. The normalized spacial score (nSPS) is 20.4. The lowest BCUT2D eigenvalue weighted by molar-refractivity contribution is -0.143. The molecule has 2 atom stereocenters. The Labute approximate surface area is 117 Å². The van der Waals surface area contributed by atoms with E-state index >= 15 is 0 Å². The molecule has 1 aliphatic heterocycles. The number of ether oxygens (including phenoxy) is 2. The van der Waals surface area contributed by atoms with E-state index in [1.54, 1.807) is 0 Å². The summed E-state index contributed by atoms with van der Waals surface area (Å²) in [6, 6.07) is -0.171. The predicted molar refractivity (Wildman–Crippen MR) is 76.2 cm³/mol. The zero-order valence-corrected chi connectivity index (χ0v) is 12.5. The molecule has 1 aliphatic rings. The maximum absolute atomic E-state index is 11.7. The number of esters is 1. The van der Waals surface area contributed by atoms with Gasteiger partial charge < -0.3 is 14.8 Å². The lowest BCUT2D eigenvalue weighted by Gasteiger charge is -2.18. The highest BCUT2D eigenvalue weighted by Gasteiger charge is 2.21. The second-order valence-corrected chi connectivity index (χ2v) is 5.32. The van der Waals surface area contributed by atoms with Gasteiger partial charge in [-0.15, -0.1) is 0 Å². The minimum atomic E-state index is -0.171. The summed E-state index contributed by atoms with van der Waals surface area (Å²) in [5, 5.41) is 3.30. The highest BCUT2D eigenvalue weighted by molar-refractivity contribution is 5.75. The first-order chi connectivity index (χ1) is 9.27. The van der Waals surface area contributed by atoms with Crippen LogP contribution in [0.3, 0.4) is 0 Å². The fourth-order valence-corrected chi connectivity index (χ4v) is 2.48. The monoisotopic (exact) mass is 271 g/mol. The van der Waals surface area contributed by atoms with Crippen LogP contribution in [-0.4, -0.2) is 38.4 Å². The molecular weight excluding hydrogens is 242 g/mol. The molecule has 1 fully saturated rings. The zero-order chi connectivity index (χ0) is 13.9. The van der Waals surface area contributed by atoms with Crippen molar-refractivity contribution in [3.8, 4) is 0 Å². The summed E-state index contributed by atoms with van der Waals surface area (Å²) in [6.07, 6.45) is 9.43. The van der Waals surface area contributed by atoms with Crippen molar-refractivity contribution in [3.05, 3.63) is 0 Å². The van der Waals surface area contributed by atoms with Gasteiger partial charge in [0.05, 0.1) is 13.2 Å². The summed E-state index contributed by atoms with van der Waals surface area (Å²) in [5.74, 6) is -0.145. The molecule has 1 saturated heterocycles. The quantitative estimate of drug-likeness (QED) is 0.490. The van der Waals surface area contributed by atoms with Gasteiger partial charge in [-0.1, -0.05) is 39.0 Å². The average molecular weight is 271 g/mol. The van der Waals surface area contributed by atoms with Crippen LogP contribution in [0.2, 0.25) is 0 Å². The summed E-state index contributed by atoms with van der Waals surface area (Å²) >= 11 is 0. The van der Waals surface area contributed by atoms with E-state index in [2.05, 4.69) is 12.2 Å². The van der Waals surface area contributed by atoms with Crippen molar-refractivity contribution in [2.24, 2.45) is 0 Å². The van der Waals surface area contributed by atoms with E-state index in [9.17, 15) is 4.79 Å². The van der Waals surface area contributed by atoms with Gasteiger partial charge in [-0.2, -0.15) is 0 Å². The van der Waals surface area contributed by atoms with E-state index in [0.29, 0.717) is 0 Å². The fourth-order valence-electron chi connectivity index (χ4n) is 2.48. The Bertz CT molecular complexity index is 240. The van der Waals surface area contributed by atoms with Gasteiger partial charge in [-0.05, 0) is 19.3 Å². The van der Waals surface area contributed by atoms with Crippen molar-refractivity contribution in [1.82, 2.24) is 5.32 Å². The average Bonchev–Trinajstić information content (AvgIpc) is 2.94. The molecular formula is C15H29NO3. The van der Waals surface area contributed by atoms with Crippen LogP contribution in [0.1, 0.15) is 58.3 Å². The smallest absolute Gasteiger partial charge is 0.322 e. The first-order valence-corrected chi connectivity index (χ1v) is 7.70. The number of rotatable bonds is 10. The van der Waals surface area contributed by atoms with Crippen LogP contribution in [0.5, 0.6) is 0 Å². The molecule has 4 heteroatoms. The van der Waals surface area contributed by atoms with Crippen molar-refractivity contribution in [3.63, 3.8) is 0 Å². The number of unbranched alkanes of at least 4 members (excludes halogenated alkanes) is 4. The molecule has 0 aromatic carbocycles. The van der Waals surface area contributed by atoms with Gasteiger partial charge in [0, 0.05) is 13.2 Å². The van der Waals surface area contributed by atoms with E-state index in [4.69, 9.17) is 9.47 Å². The standard InChI is InChI=1S/C15H29NO3/c1-3-4-5-6-7-10-14(15(17)18-2)16-12-13-9-8-11-19-13/h13-14,16H,3-12H2,1-2H3. The molecule has 0 radical (unpaired) electrons. The number of carbonyl (C=O) groups excluding carboxylic acids is 1. The SMILES string of the molecule is CCCCCCCC(NCC1CCCO1)C(=O)OC. The van der Waals surface area contributed by atoms with Gasteiger partial charge in [0.2, 0.25) is 0 Å². The Balaban J connectivity index is 2.20. The minimum absolute atomic E-state index is 0.145. The molecule has 0 aromatic heterocycles. The molecule has 0 aromatic rings. The molecule has 0 bridgehead atoms. The van der Waals surface area contributed by atoms with Crippen LogP contribution < -0.4 is 5.32 Å². The van der Waals surface area contributed by atoms with Gasteiger partial charge in [0.25, 0.3) is 0 Å². The zero-order valence-electron chi connectivity index (χ0n) is 12.5. The number of nitrogens with one attached hydrogen (secondary N) is 1. The fraction of sp³-hybridized carbons (Fsp3) is 0.933. The second kappa shape index (κ2) is 10.2. The van der Waals surface area contributed by atoms with E-state index in [1.165, 1.54) is 32.8 Å². The first kappa shape index (κ1) is 16.4. The van der Waals surface area contributed by atoms with Crippen LogP contribution in [0.25, 0.3) is 0 Å². The Kier molecular flexibility index (Phi) is 8.84. The maximum Gasteiger partial charge on any atom is 0.322 e. The van der Waals surface area contributed by atoms with Crippen molar-refractivity contribution >= 4 is 5.97 Å². The highest BCUT2D eigenvalue weighted by atomic mass is 16.5. The molecule has 1 heterocycles. The van der Waals surface area contributed by atoms with E-state index in [0.717, 1.165) is 38.8 Å².